The standard InChI is InChI=1S/C28H21Cl2F2N5O5S/c1-16(22-8-4-19(29)13-23(22)30)34-27-36(33-14-18-12-21(37(39)40)7-9-25(18)42-26(31)32)24(15-43-27)17-2-5-20(6-3-17)35-10-11-41-28(35)38/h2-9,12-16,26H,10-11H2,1H3/b33-14+,34-27?. The van der Waals surface area contributed by atoms with Gasteiger partial charge in [-0.2, -0.15) is 13.9 Å². The Kier molecular flexibility index (Phi) is 9.04. The molecule has 1 aliphatic rings. The fourth-order valence-electron chi connectivity index (χ4n) is 4.29. The summed E-state index contributed by atoms with van der Waals surface area (Å²) in [4.78, 5) is 29.4. The first kappa shape index (κ1) is 30.1. The van der Waals surface area contributed by atoms with E-state index in [1.165, 1.54) is 27.1 Å². The number of anilines is 1. The fourth-order valence-corrected chi connectivity index (χ4v) is 5.77. The van der Waals surface area contributed by atoms with Crippen LogP contribution in [0.4, 0.5) is 25.0 Å². The molecule has 1 unspecified atom stereocenters. The summed E-state index contributed by atoms with van der Waals surface area (Å²) in [5.74, 6) is -0.289. The number of hydrogen-bond acceptors (Lipinski definition) is 8. The van der Waals surface area contributed by atoms with Crippen LogP contribution in [0.1, 0.15) is 24.1 Å². The van der Waals surface area contributed by atoms with Crippen LogP contribution >= 0.6 is 34.5 Å². The first-order valence-electron chi connectivity index (χ1n) is 12.6. The maximum Gasteiger partial charge on any atom is 0.414 e. The van der Waals surface area contributed by atoms with Crippen LogP contribution in [0.3, 0.4) is 0 Å². The SMILES string of the molecule is CC(N=c1scc(-c2ccc(N3CCOC3=O)cc2)n1/N=C/c1cc([N+](=O)[O-])ccc1OC(F)F)c1ccc(Cl)cc1Cl. The molecule has 4 aromatic rings. The highest BCUT2D eigenvalue weighted by Gasteiger charge is 2.23. The topological polar surface area (TPSA) is 112 Å². The van der Waals surface area contributed by atoms with Crippen molar-refractivity contribution < 1.29 is 28.0 Å². The molecule has 1 amide bonds. The number of amides is 1. The molecular weight excluding hydrogens is 627 g/mol. The van der Waals surface area contributed by atoms with Gasteiger partial charge in [0.2, 0.25) is 4.80 Å². The zero-order valence-corrected chi connectivity index (χ0v) is 24.5. The van der Waals surface area contributed by atoms with Gasteiger partial charge in [0.25, 0.3) is 5.69 Å². The summed E-state index contributed by atoms with van der Waals surface area (Å²) in [6.45, 7) is -0.585. The number of halogens is 4. The predicted octanol–water partition coefficient (Wildman–Crippen LogP) is 7.53. The third-order valence-electron chi connectivity index (χ3n) is 6.37. The summed E-state index contributed by atoms with van der Waals surface area (Å²) >= 11 is 13.7. The van der Waals surface area contributed by atoms with Crippen LogP contribution in [0.15, 0.2) is 76.1 Å². The average Bonchev–Trinajstić information content (AvgIpc) is 3.57. The molecule has 222 valence electrons. The van der Waals surface area contributed by atoms with Gasteiger partial charge in [-0.3, -0.25) is 15.0 Å². The van der Waals surface area contributed by atoms with Crippen molar-refractivity contribution in [2.75, 3.05) is 18.1 Å². The minimum Gasteiger partial charge on any atom is -0.447 e. The zero-order valence-electron chi connectivity index (χ0n) is 22.2. The summed E-state index contributed by atoms with van der Waals surface area (Å²) in [5, 5.41) is 18.6. The van der Waals surface area contributed by atoms with Crippen LogP contribution in [-0.4, -0.2) is 41.7 Å². The Balaban J connectivity index is 1.60. The van der Waals surface area contributed by atoms with Crippen molar-refractivity contribution in [1.82, 2.24) is 4.68 Å². The number of cyclic esters (lactones) is 1. The van der Waals surface area contributed by atoms with E-state index in [1.807, 2.05) is 6.92 Å². The number of alkyl halides is 2. The maximum atomic E-state index is 13.1. The first-order chi connectivity index (χ1) is 20.6. The van der Waals surface area contributed by atoms with E-state index in [2.05, 4.69) is 9.84 Å². The average molecular weight is 648 g/mol. The smallest absolute Gasteiger partial charge is 0.414 e. The molecule has 0 radical (unpaired) electrons. The highest BCUT2D eigenvalue weighted by Crippen LogP contribution is 2.30. The van der Waals surface area contributed by atoms with Gasteiger partial charge in [-0.05, 0) is 42.8 Å². The van der Waals surface area contributed by atoms with Crippen LogP contribution in [0.25, 0.3) is 11.3 Å². The van der Waals surface area contributed by atoms with Crippen molar-refractivity contribution in [1.29, 1.82) is 0 Å². The van der Waals surface area contributed by atoms with E-state index in [4.69, 9.17) is 32.9 Å². The molecule has 0 bridgehead atoms. The molecule has 3 aromatic carbocycles. The number of rotatable bonds is 9. The first-order valence-corrected chi connectivity index (χ1v) is 14.3. The molecule has 1 fully saturated rings. The molecule has 1 saturated heterocycles. The highest BCUT2D eigenvalue weighted by atomic mass is 35.5. The predicted molar refractivity (Wildman–Crippen MR) is 160 cm³/mol. The van der Waals surface area contributed by atoms with Crippen molar-refractivity contribution in [3.8, 4) is 17.0 Å². The molecule has 1 atom stereocenters. The third-order valence-corrected chi connectivity index (χ3v) is 7.76. The number of nitro groups is 1. The molecule has 43 heavy (non-hydrogen) atoms. The van der Waals surface area contributed by atoms with Gasteiger partial charge in [0.15, 0.2) is 0 Å². The van der Waals surface area contributed by atoms with Gasteiger partial charge in [-0.15, -0.1) is 11.3 Å². The highest BCUT2D eigenvalue weighted by molar-refractivity contribution is 7.07. The minimum absolute atomic E-state index is 0.0400. The van der Waals surface area contributed by atoms with E-state index in [0.29, 0.717) is 50.5 Å². The Morgan fingerprint density at radius 2 is 1.91 bits per heavy atom. The number of non-ortho nitro benzene ring substituents is 1. The Morgan fingerprint density at radius 3 is 2.56 bits per heavy atom. The summed E-state index contributed by atoms with van der Waals surface area (Å²) in [6, 6.07) is 15.0. The Bertz CT molecular complexity index is 1780. The summed E-state index contributed by atoms with van der Waals surface area (Å²) in [7, 11) is 0. The van der Waals surface area contributed by atoms with E-state index < -0.39 is 23.7 Å². The van der Waals surface area contributed by atoms with Crippen LogP contribution < -0.4 is 14.4 Å². The second kappa shape index (κ2) is 12.9. The molecule has 10 nitrogen and oxygen atoms in total. The number of benzene rings is 3. The monoisotopic (exact) mass is 647 g/mol. The number of hydrogen-bond donors (Lipinski definition) is 0. The lowest BCUT2D eigenvalue weighted by molar-refractivity contribution is -0.384. The lowest BCUT2D eigenvalue weighted by Gasteiger charge is -2.13. The Labute approximate surface area is 257 Å². The van der Waals surface area contributed by atoms with Gasteiger partial charge in [0.05, 0.1) is 29.4 Å². The molecule has 0 N–H and O–H groups in total. The minimum atomic E-state index is -3.15. The van der Waals surface area contributed by atoms with E-state index in [1.54, 1.807) is 47.8 Å². The Morgan fingerprint density at radius 1 is 1.14 bits per heavy atom. The molecule has 0 aliphatic carbocycles. The lowest BCUT2D eigenvalue weighted by atomic mass is 10.1. The van der Waals surface area contributed by atoms with E-state index >= 15 is 0 Å². The molecule has 0 saturated carbocycles. The lowest BCUT2D eigenvalue weighted by Crippen LogP contribution is -2.23. The molecule has 1 aromatic heterocycles. The van der Waals surface area contributed by atoms with Crippen molar-refractivity contribution >= 4 is 58.2 Å². The molecule has 2 heterocycles. The number of carbonyl (C=O) groups excluding carboxylic acids is 1. The van der Waals surface area contributed by atoms with Crippen LogP contribution in [0, 0.1) is 10.1 Å². The molecule has 5 rings (SSSR count). The quantitative estimate of drug-likeness (QED) is 0.106. The molecule has 1 aliphatic heterocycles. The van der Waals surface area contributed by atoms with Gasteiger partial charge < -0.3 is 9.47 Å². The second-order valence-electron chi connectivity index (χ2n) is 9.10. The molecule has 15 heteroatoms. The van der Waals surface area contributed by atoms with Crippen molar-refractivity contribution in [2.24, 2.45) is 10.1 Å². The van der Waals surface area contributed by atoms with Crippen molar-refractivity contribution in [3.63, 3.8) is 0 Å². The normalized spacial score (nSPS) is 14.5. The van der Waals surface area contributed by atoms with Crippen molar-refractivity contribution in [2.45, 2.75) is 19.6 Å². The van der Waals surface area contributed by atoms with Crippen LogP contribution in [0.2, 0.25) is 10.0 Å². The number of aromatic nitrogens is 1. The van der Waals surface area contributed by atoms with Crippen LogP contribution in [-0.2, 0) is 4.74 Å². The van der Waals surface area contributed by atoms with Gasteiger partial charge in [0.1, 0.15) is 12.4 Å². The zero-order chi connectivity index (χ0) is 30.7. The van der Waals surface area contributed by atoms with Gasteiger partial charge in [-0.1, -0.05) is 41.4 Å². The number of nitrogens with zero attached hydrogens (tertiary/aromatic N) is 5. The number of nitro benzene ring substituents is 1. The number of carbonyl (C=O) groups is 1. The summed E-state index contributed by atoms with van der Waals surface area (Å²) in [5.41, 5.74) is 2.27. The largest absolute Gasteiger partial charge is 0.447 e. The van der Waals surface area contributed by atoms with Gasteiger partial charge in [0, 0.05) is 44.4 Å². The third kappa shape index (κ3) is 6.85. The van der Waals surface area contributed by atoms with E-state index in [-0.39, 0.29) is 17.0 Å². The Hall–Kier alpha value is -4.33. The number of thiazole rings is 1. The van der Waals surface area contributed by atoms with Crippen molar-refractivity contribution in [3.05, 3.63) is 102 Å². The number of ether oxygens (including phenoxy) is 2. The fraction of sp³-hybridized carbons (Fsp3) is 0.179. The summed E-state index contributed by atoms with van der Waals surface area (Å²) in [6.07, 6.45) is 0.756. The molecular formula is C28H21Cl2F2N5O5S. The van der Waals surface area contributed by atoms with Gasteiger partial charge >= 0.3 is 12.7 Å². The maximum absolute atomic E-state index is 13.1. The van der Waals surface area contributed by atoms with Crippen LogP contribution in [0.5, 0.6) is 5.75 Å². The van der Waals surface area contributed by atoms with E-state index in [0.717, 1.165) is 18.2 Å². The second-order valence-corrected chi connectivity index (χ2v) is 10.8. The van der Waals surface area contributed by atoms with Gasteiger partial charge in [-0.25, -0.2) is 14.5 Å². The van der Waals surface area contributed by atoms with E-state index in [9.17, 15) is 23.7 Å². The molecule has 0 spiro atoms. The summed E-state index contributed by atoms with van der Waals surface area (Å²) < 4.78 is 37.2.